The van der Waals surface area contributed by atoms with Gasteiger partial charge < -0.3 is 4.74 Å². The van der Waals surface area contributed by atoms with Crippen LogP contribution >= 0.6 is 0 Å². The average molecular weight is 296 g/mol. The number of hydrogen-bond acceptors (Lipinski definition) is 3. The van der Waals surface area contributed by atoms with Crippen LogP contribution in [0, 0.1) is 0 Å². The number of fused-ring (bicyclic) bond motifs is 1. The fourth-order valence-electron chi connectivity index (χ4n) is 2.55. The monoisotopic (exact) mass is 296 g/mol. The molecule has 0 radical (unpaired) electrons. The maximum Gasteiger partial charge on any atom is 0.262 e. The topological polar surface area (TPSA) is 50.4 Å². The van der Waals surface area contributed by atoms with Crippen molar-refractivity contribution in [2.24, 2.45) is 0 Å². The zero-order chi connectivity index (χ0) is 15.4. The smallest absolute Gasteiger partial charge is 0.262 e. The van der Waals surface area contributed by atoms with Crippen molar-refractivity contribution in [1.82, 2.24) is 10.9 Å². The number of hydrazine groups is 1. The van der Waals surface area contributed by atoms with E-state index in [0.29, 0.717) is 13.2 Å². The summed E-state index contributed by atoms with van der Waals surface area (Å²) in [5, 5.41) is 2.24. The van der Waals surface area contributed by atoms with Gasteiger partial charge in [0.15, 0.2) is 0 Å². The number of benzene rings is 2. The summed E-state index contributed by atoms with van der Waals surface area (Å²) < 4.78 is 5.93. The highest BCUT2D eigenvalue weighted by Crippen LogP contribution is 2.30. The van der Waals surface area contributed by atoms with Crippen LogP contribution < -0.4 is 15.6 Å². The summed E-state index contributed by atoms with van der Waals surface area (Å²) in [6.07, 6.45) is 4.04. The zero-order valence-electron chi connectivity index (χ0n) is 12.7. The molecule has 22 heavy (non-hydrogen) atoms. The van der Waals surface area contributed by atoms with Crippen molar-refractivity contribution in [3.63, 3.8) is 0 Å². The maximum atomic E-state index is 11.8. The molecule has 4 heteroatoms. The van der Waals surface area contributed by atoms with Gasteiger partial charge in [0.1, 0.15) is 5.75 Å². The lowest BCUT2D eigenvalue weighted by molar-refractivity contribution is -0.116. The van der Waals surface area contributed by atoms with Crippen molar-refractivity contribution in [1.29, 1.82) is 0 Å². The van der Waals surface area contributed by atoms with Gasteiger partial charge in [-0.2, -0.15) is 0 Å². The third-order valence-electron chi connectivity index (χ3n) is 3.78. The van der Waals surface area contributed by atoms with Crippen molar-refractivity contribution in [2.45, 2.75) is 19.8 Å². The van der Waals surface area contributed by atoms with E-state index in [1.54, 1.807) is 0 Å². The van der Waals surface area contributed by atoms with Gasteiger partial charge in [0.2, 0.25) is 0 Å². The van der Waals surface area contributed by atoms with Crippen LogP contribution in [0.4, 0.5) is 0 Å². The number of amides is 1. The SMILES string of the molecule is CCCCOc1ccc2ccccc2c1/C=C1\CNNC1=O. The van der Waals surface area contributed by atoms with Crippen LogP contribution in [-0.2, 0) is 4.79 Å². The number of nitrogens with one attached hydrogen (secondary N) is 2. The Bertz CT molecular complexity index is 722. The van der Waals surface area contributed by atoms with Crippen molar-refractivity contribution in [3.8, 4) is 5.75 Å². The molecule has 0 saturated carbocycles. The number of unbranched alkanes of at least 4 members (excludes halogenated alkanes) is 1. The normalized spacial score (nSPS) is 16.2. The number of carbonyl (C=O) groups excluding carboxylic acids is 1. The fraction of sp³-hybridized carbons (Fsp3) is 0.278. The van der Waals surface area contributed by atoms with E-state index >= 15 is 0 Å². The third-order valence-corrected chi connectivity index (χ3v) is 3.78. The molecule has 2 aromatic rings. The van der Waals surface area contributed by atoms with E-state index in [4.69, 9.17) is 4.74 Å². The van der Waals surface area contributed by atoms with Gasteiger partial charge in [-0.05, 0) is 29.3 Å². The highest BCUT2D eigenvalue weighted by Gasteiger charge is 2.17. The van der Waals surface area contributed by atoms with Crippen molar-refractivity contribution in [3.05, 3.63) is 47.5 Å². The minimum Gasteiger partial charge on any atom is -0.493 e. The summed E-state index contributed by atoms with van der Waals surface area (Å²) in [5.74, 6) is 0.756. The van der Waals surface area contributed by atoms with Crippen LogP contribution in [0.25, 0.3) is 16.8 Å². The second kappa shape index (κ2) is 6.62. The summed E-state index contributed by atoms with van der Waals surface area (Å²) >= 11 is 0. The standard InChI is InChI=1S/C18H20N2O2/c1-2-3-10-22-17-9-8-13-6-4-5-7-15(13)16(17)11-14-12-19-20-18(14)21/h4-9,11,19H,2-3,10,12H2,1H3,(H,20,21)/b14-11+. The maximum absolute atomic E-state index is 11.8. The zero-order valence-corrected chi connectivity index (χ0v) is 12.7. The third kappa shape index (κ3) is 2.97. The van der Waals surface area contributed by atoms with Crippen LogP contribution in [0.2, 0.25) is 0 Å². The first-order chi connectivity index (χ1) is 10.8. The lowest BCUT2D eigenvalue weighted by Gasteiger charge is -2.12. The fourth-order valence-corrected chi connectivity index (χ4v) is 2.55. The Balaban J connectivity index is 2.06. The van der Waals surface area contributed by atoms with Crippen molar-refractivity contribution >= 4 is 22.8 Å². The summed E-state index contributed by atoms with van der Waals surface area (Å²) in [6, 6.07) is 12.2. The van der Waals surface area contributed by atoms with Crippen LogP contribution in [0.3, 0.4) is 0 Å². The summed E-state index contributed by atoms with van der Waals surface area (Å²) in [4.78, 5) is 11.8. The highest BCUT2D eigenvalue weighted by molar-refractivity contribution is 6.03. The second-order valence-corrected chi connectivity index (χ2v) is 5.38. The summed E-state index contributed by atoms with van der Waals surface area (Å²) in [6.45, 7) is 3.35. The molecule has 1 heterocycles. The molecule has 0 aliphatic carbocycles. The molecule has 0 bridgehead atoms. The molecule has 114 valence electrons. The first-order valence-electron chi connectivity index (χ1n) is 7.68. The van der Waals surface area contributed by atoms with Crippen molar-refractivity contribution in [2.75, 3.05) is 13.2 Å². The first-order valence-corrected chi connectivity index (χ1v) is 7.68. The van der Waals surface area contributed by atoms with E-state index in [2.05, 4.69) is 36.0 Å². The van der Waals surface area contributed by atoms with E-state index in [-0.39, 0.29) is 5.91 Å². The van der Waals surface area contributed by atoms with Gasteiger partial charge in [-0.15, -0.1) is 0 Å². The van der Waals surface area contributed by atoms with E-state index in [1.165, 1.54) is 0 Å². The quantitative estimate of drug-likeness (QED) is 0.658. The number of hydrogen-bond donors (Lipinski definition) is 2. The molecule has 0 aromatic heterocycles. The molecule has 1 aliphatic heterocycles. The molecule has 1 amide bonds. The molecule has 2 N–H and O–H groups in total. The molecule has 2 aromatic carbocycles. The number of ether oxygens (including phenoxy) is 1. The van der Waals surface area contributed by atoms with E-state index in [9.17, 15) is 4.79 Å². The van der Waals surface area contributed by atoms with Gasteiger partial charge in [0, 0.05) is 17.7 Å². The molecule has 0 spiro atoms. The molecule has 1 aliphatic rings. The molecule has 0 atom stereocenters. The predicted octanol–water partition coefficient (Wildman–Crippen LogP) is 3.04. The lowest BCUT2D eigenvalue weighted by atomic mass is 10.0. The van der Waals surface area contributed by atoms with Crippen LogP contribution in [-0.4, -0.2) is 19.1 Å². The minimum absolute atomic E-state index is 0.0764. The second-order valence-electron chi connectivity index (χ2n) is 5.38. The highest BCUT2D eigenvalue weighted by atomic mass is 16.5. The van der Waals surface area contributed by atoms with Gasteiger partial charge in [0.05, 0.1) is 6.61 Å². The van der Waals surface area contributed by atoms with Crippen LogP contribution in [0.5, 0.6) is 5.75 Å². The van der Waals surface area contributed by atoms with Crippen molar-refractivity contribution < 1.29 is 9.53 Å². The Kier molecular flexibility index (Phi) is 4.39. The molecule has 1 fully saturated rings. The van der Waals surface area contributed by atoms with Gasteiger partial charge >= 0.3 is 0 Å². The predicted molar refractivity (Wildman–Crippen MR) is 88.5 cm³/mol. The summed E-state index contributed by atoms with van der Waals surface area (Å²) in [7, 11) is 0. The molecule has 1 saturated heterocycles. The van der Waals surface area contributed by atoms with Gasteiger partial charge in [-0.25, -0.2) is 5.43 Å². The van der Waals surface area contributed by atoms with E-state index in [0.717, 1.165) is 40.5 Å². The van der Waals surface area contributed by atoms with Crippen LogP contribution in [0.15, 0.2) is 42.0 Å². The minimum atomic E-state index is -0.0764. The van der Waals surface area contributed by atoms with Crippen LogP contribution in [0.1, 0.15) is 25.3 Å². The Labute approximate surface area is 130 Å². The number of rotatable bonds is 5. The summed E-state index contributed by atoms with van der Waals surface area (Å²) in [5.41, 5.74) is 7.16. The van der Waals surface area contributed by atoms with Gasteiger partial charge in [0.25, 0.3) is 5.91 Å². The lowest BCUT2D eigenvalue weighted by Crippen LogP contribution is -2.25. The Morgan fingerprint density at radius 1 is 1.23 bits per heavy atom. The Morgan fingerprint density at radius 2 is 2.09 bits per heavy atom. The van der Waals surface area contributed by atoms with E-state index < -0.39 is 0 Å². The molecule has 3 rings (SSSR count). The molecule has 0 unspecified atom stereocenters. The largest absolute Gasteiger partial charge is 0.493 e. The molecular formula is C18H20N2O2. The molecular weight excluding hydrogens is 276 g/mol. The molecule has 4 nitrogen and oxygen atoms in total. The van der Waals surface area contributed by atoms with Gasteiger partial charge in [-0.1, -0.05) is 43.7 Å². The average Bonchev–Trinajstić information content (AvgIpc) is 2.94. The Hall–Kier alpha value is -2.33. The first kappa shape index (κ1) is 14.6. The van der Waals surface area contributed by atoms with Gasteiger partial charge in [-0.3, -0.25) is 10.2 Å². The van der Waals surface area contributed by atoms with E-state index in [1.807, 2.05) is 24.3 Å². The Morgan fingerprint density at radius 3 is 2.86 bits per heavy atom. The number of carbonyl (C=O) groups is 1.